The Morgan fingerprint density at radius 3 is 1.50 bits per heavy atom. The summed E-state index contributed by atoms with van der Waals surface area (Å²) >= 11 is 0. The third-order valence-corrected chi connectivity index (χ3v) is 4.72. The topological polar surface area (TPSA) is 52.6 Å². The number of carbonyl (C=O) groups is 2. The van der Waals surface area contributed by atoms with E-state index in [9.17, 15) is 9.59 Å². The molecule has 0 aromatic carbocycles. The van der Waals surface area contributed by atoms with E-state index in [-0.39, 0.29) is 17.2 Å². The van der Waals surface area contributed by atoms with E-state index in [1.54, 1.807) is 14.0 Å². The van der Waals surface area contributed by atoms with Crippen molar-refractivity contribution < 1.29 is 18.8 Å². The molecule has 0 aliphatic heterocycles. The Kier molecular flexibility index (Phi) is 8.57. The van der Waals surface area contributed by atoms with E-state index in [4.69, 9.17) is 9.16 Å². The van der Waals surface area contributed by atoms with Gasteiger partial charge in [0.1, 0.15) is 12.0 Å². The smallest absolute Gasteiger partial charge is 0.311 e. The fourth-order valence-electron chi connectivity index (χ4n) is 0.515. The maximum absolute atomic E-state index is 11.4. The maximum atomic E-state index is 11.4. The first kappa shape index (κ1) is 21.6. The molecular formula is C15H32O4Si. The number of hydrogen-bond donors (Lipinski definition) is 0. The van der Waals surface area contributed by atoms with Crippen molar-refractivity contribution in [3.8, 4) is 0 Å². The molecule has 0 radical (unpaired) electrons. The maximum Gasteiger partial charge on any atom is 0.311 e. The third-order valence-electron chi connectivity index (χ3n) is 2.77. The van der Waals surface area contributed by atoms with E-state index < -0.39 is 13.7 Å². The molecule has 0 aromatic heterocycles. The molecule has 0 fully saturated rings. The van der Waals surface area contributed by atoms with Crippen molar-refractivity contribution in [2.75, 3.05) is 13.3 Å². The van der Waals surface area contributed by atoms with Crippen LogP contribution in [0.2, 0.25) is 13.1 Å². The molecule has 0 saturated carbocycles. The van der Waals surface area contributed by atoms with Crippen molar-refractivity contribution in [2.24, 2.45) is 10.8 Å². The van der Waals surface area contributed by atoms with Gasteiger partial charge in [0.05, 0.1) is 5.41 Å². The summed E-state index contributed by atoms with van der Waals surface area (Å²) in [4.78, 5) is 21.8. The monoisotopic (exact) mass is 304 g/mol. The molecule has 20 heavy (non-hydrogen) atoms. The molecular weight excluding hydrogens is 272 g/mol. The Balaban J connectivity index is 0. The summed E-state index contributed by atoms with van der Waals surface area (Å²) < 4.78 is 10.4. The van der Waals surface area contributed by atoms with E-state index in [1.807, 2.05) is 54.6 Å². The fraction of sp³-hybridized carbons (Fsp3) is 0.867. The van der Waals surface area contributed by atoms with Crippen LogP contribution in [0.25, 0.3) is 0 Å². The van der Waals surface area contributed by atoms with Crippen molar-refractivity contribution in [1.82, 2.24) is 0 Å². The molecule has 120 valence electrons. The lowest BCUT2D eigenvalue weighted by atomic mass is 9.92. The zero-order valence-electron chi connectivity index (χ0n) is 14.8. The van der Waals surface area contributed by atoms with Crippen LogP contribution >= 0.6 is 0 Å². The van der Waals surface area contributed by atoms with Crippen LogP contribution in [0.1, 0.15) is 48.5 Å². The highest BCUT2D eigenvalue weighted by Gasteiger charge is 2.28. The lowest BCUT2D eigenvalue weighted by Crippen LogP contribution is -2.38. The van der Waals surface area contributed by atoms with Crippen LogP contribution < -0.4 is 0 Å². The van der Waals surface area contributed by atoms with Gasteiger partial charge < -0.3 is 9.16 Å². The van der Waals surface area contributed by atoms with E-state index in [0.717, 1.165) is 0 Å². The molecule has 0 aliphatic rings. The van der Waals surface area contributed by atoms with Crippen molar-refractivity contribution in [3.05, 3.63) is 0 Å². The Labute approximate surface area is 125 Å². The second kappa shape index (κ2) is 7.93. The molecule has 5 heteroatoms. The highest BCUT2D eigenvalue weighted by Crippen LogP contribution is 2.16. The molecule has 0 unspecified atom stereocenters. The number of carbonyl (C=O) groups excluding carboxylic acids is 2. The van der Waals surface area contributed by atoms with Gasteiger partial charge in [0.15, 0.2) is 0 Å². The summed E-state index contributed by atoms with van der Waals surface area (Å²) in [5.41, 5.74) is -0.557. The van der Waals surface area contributed by atoms with Crippen LogP contribution in [0.5, 0.6) is 0 Å². The molecule has 0 rings (SSSR count). The number of esters is 1. The molecule has 0 heterocycles. The number of rotatable bonds is 3. The van der Waals surface area contributed by atoms with Crippen LogP contribution in [0, 0.1) is 10.8 Å². The fourth-order valence-corrected chi connectivity index (χ4v) is 1.11. The van der Waals surface area contributed by atoms with E-state index >= 15 is 0 Å². The number of Topliss-reactive ketones (excluding diaryl/α,β-unsaturated/α-hetero) is 1. The highest BCUT2D eigenvalue weighted by molar-refractivity contribution is 6.71. The predicted octanol–water partition coefficient (Wildman–Crippen LogP) is 3.59. The zero-order valence-corrected chi connectivity index (χ0v) is 15.8. The molecule has 0 atom stereocenters. The normalized spacial score (nSPS) is 12.3. The Morgan fingerprint density at radius 2 is 1.30 bits per heavy atom. The van der Waals surface area contributed by atoms with Gasteiger partial charge in [0, 0.05) is 12.5 Å². The van der Waals surface area contributed by atoms with Gasteiger partial charge in [-0.15, -0.1) is 0 Å². The summed E-state index contributed by atoms with van der Waals surface area (Å²) in [6.07, 6.45) is 0.430. The Morgan fingerprint density at radius 1 is 0.950 bits per heavy atom. The first-order valence-electron chi connectivity index (χ1n) is 6.87. The lowest BCUT2D eigenvalue weighted by Gasteiger charge is -2.23. The molecule has 0 bridgehead atoms. The van der Waals surface area contributed by atoms with E-state index in [1.165, 1.54) is 0 Å². The Hall–Kier alpha value is -0.683. The van der Waals surface area contributed by atoms with Crippen LogP contribution in [-0.4, -0.2) is 33.4 Å². The highest BCUT2D eigenvalue weighted by atomic mass is 28.4. The average molecular weight is 305 g/mol. The van der Waals surface area contributed by atoms with Gasteiger partial charge in [-0.3, -0.25) is 9.59 Å². The quantitative estimate of drug-likeness (QED) is 0.590. The van der Waals surface area contributed by atoms with Crippen molar-refractivity contribution in [1.29, 1.82) is 0 Å². The van der Waals surface area contributed by atoms with Gasteiger partial charge in [0.2, 0.25) is 8.32 Å². The van der Waals surface area contributed by atoms with Crippen LogP contribution in [-0.2, 0) is 18.8 Å². The van der Waals surface area contributed by atoms with Gasteiger partial charge in [-0.25, -0.2) is 0 Å². The van der Waals surface area contributed by atoms with Crippen LogP contribution in [0.15, 0.2) is 0 Å². The standard InChI is InChI=1S/C9H20O3Si.C6H12O/c1-9(2,3)8(10)12-7-13(5,6)11-4;1-5(7)6(2,3)4/h7H2,1-6H3;1-4H3. The molecule has 0 aliphatic carbocycles. The lowest BCUT2D eigenvalue weighted by molar-refractivity contribution is -0.151. The van der Waals surface area contributed by atoms with Crippen LogP contribution in [0.4, 0.5) is 0 Å². The minimum atomic E-state index is -1.76. The number of ketones is 1. The summed E-state index contributed by atoms with van der Waals surface area (Å²) in [7, 11) is -0.0981. The molecule has 0 saturated heterocycles. The molecule has 0 N–H and O–H groups in total. The van der Waals surface area contributed by atoms with E-state index in [0.29, 0.717) is 6.23 Å². The van der Waals surface area contributed by atoms with Crippen molar-refractivity contribution >= 4 is 20.1 Å². The second-order valence-corrected chi connectivity index (χ2v) is 11.8. The van der Waals surface area contributed by atoms with Gasteiger partial charge in [-0.05, 0) is 40.8 Å². The van der Waals surface area contributed by atoms with Gasteiger partial charge >= 0.3 is 5.97 Å². The first-order valence-corrected chi connectivity index (χ1v) is 9.98. The zero-order chi connectivity index (χ0) is 16.8. The Bertz CT molecular complexity index is 322. The SMILES string of the molecule is CC(=O)C(C)(C)C.CO[Si](C)(C)COC(=O)C(C)(C)C. The minimum Gasteiger partial charge on any atom is -0.466 e. The van der Waals surface area contributed by atoms with E-state index in [2.05, 4.69) is 0 Å². The number of hydrogen-bond acceptors (Lipinski definition) is 4. The largest absolute Gasteiger partial charge is 0.466 e. The van der Waals surface area contributed by atoms with Gasteiger partial charge in [-0.1, -0.05) is 20.8 Å². The molecule has 4 nitrogen and oxygen atoms in total. The van der Waals surface area contributed by atoms with Gasteiger partial charge in [0.25, 0.3) is 0 Å². The molecule has 0 amide bonds. The van der Waals surface area contributed by atoms with Crippen molar-refractivity contribution in [2.45, 2.75) is 61.6 Å². The third kappa shape index (κ3) is 11.2. The summed E-state index contributed by atoms with van der Waals surface area (Å²) in [5, 5.41) is 0. The van der Waals surface area contributed by atoms with Gasteiger partial charge in [-0.2, -0.15) is 0 Å². The minimum absolute atomic E-state index is 0.139. The number of ether oxygens (including phenoxy) is 1. The van der Waals surface area contributed by atoms with Crippen molar-refractivity contribution in [3.63, 3.8) is 0 Å². The van der Waals surface area contributed by atoms with Crippen LogP contribution in [0.3, 0.4) is 0 Å². The summed E-state index contributed by atoms with van der Waals surface area (Å²) in [5.74, 6) is 0.0811. The first-order chi connectivity index (χ1) is 8.63. The summed E-state index contributed by atoms with van der Waals surface area (Å²) in [6, 6.07) is 0. The molecule has 0 spiro atoms. The second-order valence-electron chi connectivity index (χ2n) is 7.60. The predicted molar refractivity (Wildman–Crippen MR) is 85.0 cm³/mol. The summed E-state index contributed by atoms with van der Waals surface area (Å²) in [6.45, 7) is 16.9. The average Bonchev–Trinajstić information content (AvgIpc) is 2.24. The molecule has 0 aromatic rings.